The molecule has 2 aromatic carbocycles. The first kappa shape index (κ1) is 12.1. The van der Waals surface area contributed by atoms with E-state index in [0.717, 1.165) is 29.6 Å². The molecule has 5 N–H and O–H groups in total. The van der Waals surface area contributed by atoms with E-state index in [2.05, 4.69) is 0 Å². The summed E-state index contributed by atoms with van der Waals surface area (Å²) < 4.78 is 0. The average Bonchev–Trinajstić information content (AvgIpc) is 2.34. The third-order valence-electron chi connectivity index (χ3n) is 2.15. The van der Waals surface area contributed by atoms with Crippen molar-refractivity contribution in [3.8, 4) is 11.1 Å². The molecule has 0 fully saturated rings. The van der Waals surface area contributed by atoms with Crippen LogP contribution in [0.25, 0.3) is 11.1 Å². The van der Waals surface area contributed by atoms with E-state index in [1.165, 1.54) is 0 Å². The van der Waals surface area contributed by atoms with Crippen LogP contribution in [0.1, 0.15) is 0 Å². The second-order valence-electron chi connectivity index (χ2n) is 3.24. The fourth-order valence-electron chi connectivity index (χ4n) is 1.35. The van der Waals surface area contributed by atoms with E-state index in [-0.39, 0.29) is 0 Å². The zero-order valence-electron chi connectivity index (χ0n) is 9.22. The minimum Gasteiger partial charge on any atom is -0.400 e. The molecular weight excluding hydrogens is 200 g/mol. The van der Waals surface area contributed by atoms with Gasteiger partial charge in [0.15, 0.2) is 0 Å². The van der Waals surface area contributed by atoms with Gasteiger partial charge < -0.3 is 16.6 Å². The van der Waals surface area contributed by atoms with Gasteiger partial charge in [0.05, 0.1) is 0 Å². The molecule has 0 aromatic heterocycles. The summed E-state index contributed by atoms with van der Waals surface area (Å²) in [5.41, 5.74) is 15.1. The van der Waals surface area contributed by atoms with Gasteiger partial charge in [0.1, 0.15) is 0 Å². The van der Waals surface area contributed by atoms with E-state index < -0.39 is 0 Å². The van der Waals surface area contributed by atoms with Crippen LogP contribution in [0.15, 0.2) is 48.5 Å². The van der Waals surface area contributed by atoms with Crippen molar-refractivity contribution >= 4 is 11.4 Å². The molecular formula is C13H16N2O. The van der Waals surface area contributed by atoms with Gasteiger partial charge in [-0.25, -0.2) is 0 Å². The summed E-state index contributed by atoms with van der Waals surface area (Å²) >= 11 is 0. The Labute approximate surface area is 95.3 Å². The van der Waals surface area contributed by atoms with Gasteiger partial charge in [0.25, 0.3) is 0 Å². The third kappa shape index (κ3) is 3.00. The van der Waals surface area contributed by atoms with Crippen molar-refractivity contribution in [2.45, 2.75) is 0 Å². The molecule has 0 radical (unpaired) electrons. The molecule has 0 amide bonds. The van der Waals surface area contributed by atoms with Crippen LogP contribution in [0.2, 0.25) is 0 Å². The average molecular weight is 216 g/mol. The molecule has 0 saturated carbocycles. The van der Waals surface area contributed by atoms with Crippen LogP contribution < -0.4 is 11.5 Å². The maximum Gasteiger partial charge on any atom is 0.0319 e. The normalized spacial score (nSPS) is 9.12. The molecule has 0 unspecified atom stereocenters. The highest BCUT2D eigenvalue weighted by Gasteiger charge is 1.95. The summed E-state index contributed by atoms with van der Waals surface area (Å²) in [7, 11) is 1.00. The molecule has 84 valence electrons. The molecule has 0 bridgehead atoms. The van der Waals surface area contributed by atoms with E-state index >= 15 is 0 Å². The van der Waals surface area contributed by atoms with Crippen molar-refractivity contribution < 1.29 is 5.11 Å². The Balaban J connectivity index is 0.000000606. The van der Waals surface area contributed by atoms with Crippen LogP contribution in [0.5, 0.6) is 0 Å². The Kier molecular flexibility index (Phi) is 4.36. The first-order valence-electron chi connectivity index (χ1n) is 4.92. The number of benzene rings is 2. The van der Waals surface area contributed by atoms with Crippen molar-refractivity contribution in [2.24, 2.45) is 0 Å². The highest BCUT2D eigenvalue weighted by molar-refractivity contribution is 5.67. The second kappa shape index (κ2) is 5.78. The van der Waals surface area contributed by atoms with Crippen LogP contribution >= 0.6 is 0 Å². The molecule has 0 aliphatic carbocycles. The Morgan fingerprint density at radius 1 is 0.625 bits per heavy atom. The number of anilines is 2. The topological polar surface area (TPSA) is 72.3 Å². The van der Waals surface area contributed by atoms with Crippen LogP contribution in [0, 0.1) is 0 Å². The molecule has 0 saturated heterocycles. The smallest absolute Gasteiger partial charge is 0.0319 e. The molecule has 0 atom stereocenters. The number of nitrogens with two attached hydrogens (primary N) is 2. The molecule has 0 spiro atoms. The van der Waals surface area contributed by atoms with Crippen LogP contribution in [0.3, 0.4) is 0 Å². The number of aliphatic hydroxyl groups excluding tert-OH is 1. The number of hydrogen-bond donors (Lipinski definition) is 3. The van der Waals surface area contributed by atoms with E-state index in [0.29, 0.717) is 0 Å². The van der Waals surface area contributed by atoms with Gasteiger partial charge in [-0.1, -0.05) is 24.3 Å². The summed E-state index contributed by atoms with van der Waals surface area (Å²) in [4.78, 5) is 0. The number of nitrogen functional groups attached to an aromatic ring is 2. The van der Waals surface area contributed by atoms with E-state index in [1.54, 1.807) is 0 Å². The predicted octanol–water partition coefficient (Wildman–Crippen LogP) is 2.13. The zero-order chi connectivity index (χ0) is 12.0. The SMILES string of the molecule is CO.Nc1ccc(-c2ccc(N)cc2)cc1. The van der Waals surface area contributed by atoms with Crippen molar-refractivity contribution in [3.05, 3.63) is 48.5 Å². The zero-order valence-corrected chi connectivity index (χ0v) is 9.22. The predicted molar refractivity (Wildman–Crippen MR) is 68.8 cm³/mol. The molecule has 2 aromatic rings. The van der Waals surface area contributed by atoms with Gasteiger partial charge in [-0.15, -0.1) is 0 Å². The quantitative estimate of drug-likeness (QED) is 0.639. The van der Waals surface area contributed by atoms with Gasteiger partial charge in [-0.05, 0) is 35.4 Å². The van der Waals surface area contributed by atoms with Gasteiger partial charge in [-0.2, -0.15) is 0 Å². The fourth-order valence-corrected chi connectivity index (χ4v) is 1.35. The Morgan fingerprint density at radius 2 is 0.875 bits per heavy atom. The first-order chi connectivity index (χ1) is 7.75. The third-order valence-corrected chi connectivity index (χ3v) is 2.15. The van der Waals surface area contributed by atoms with Crippen molar-refractivity contribution in [3.63, 3.8) is 0 Å². The van der Waals surface area contributed by atoms with Gasteiger partial charge in [0.2, 0.25) is 0 Å². The number of hydrogen-bond acceptors (Lipinski definition) is 3. The molecule has 0 heterocycles. The lowest BCUT2D eigenvalue weighted by atomic mass is 10.1. The Morgan fingerprint density at radius 3 is 1.12 bits per heavy atom. The molecule has 2 rings (SSSR count). The van der Waals surface area contributed by atoms with E-state index in [9.17, 15) is 0 Å². The number of rotatable bonds is 1. The van der Waals surface area contributed by atoms with Crippen LogP contribution in [-0.2, 0) is 0 Å². The highest BCUT2D eigenvalue weighted by atomic mass is 16.2. The molecule has 3 heteroatoms. The standard InChI is InChI=1S/C12H12N2.CH4O/c13-11-5-1-9(2-6-11)10-3-7-12(14)8-4-10;1-2/h1-8H,13-14H2;2H,1H3. The van der Waals surface area contributed by atoms with Gasteiger partial charge >= 0.3 is 0 Å². The van der Waals surface area contributed by atoms with Crippen molar-refractivity contribution in [1.82, 2.24) is 0 Å². The highest BCUT2D eigenvalue weighted by Crippen LogP contribution is 2.21. The lowest BCUT2D eigenvalue weighted by Gasteiger charge is -2.02. The van der Waals surface area contributed by atoms with Crippen LogP contribution in [0.4, 0.5) is 11.4 Å². The van der Waals surface area contributed by atoms with E-state index in [4.69, 9.17) is 16.6 Å². The minimum atomic E-state index is 0.782. The lowest BCUT2D eigenvalue weighted by Crippen LogP contribution is -1.85. The van der Waals surface area contributed by atoms with Crippen molar-refractivity contribution in [2.75, 3.05) is 18.6 Å². The summed E-state index contributed by atoms with van der Waals surface area (Å²) in [5.74, 6) is 0. The number of aliphatic hydroxyl groups is 1. The molecule has 3 nitrogen and oxygen atoms in total. The molecule has 0 aliphatic heterocycles. The fraction of sp³-hybridized carbons (Fsp3) is 0.0769. The van der Waals surface area contributed by atoms with E-state index in [1.807, 2.05) is 48.5 Å². The maximum absolute atomic E-state index is 7.00. The Hall–Kier alpha value is -2.00. The van der Waals surface area contributed by atoms with Gasteiger partial charge in [0, 0.05) is 18.5 Å². The first-order valence-corrected chi connectivity index (χ1v) is 4.92. The monoisotopic (exact) mass is 216 g/mol. The summed E-state index contributed by atoms with van der Waals surface area (Å²) in [6.45, 7) is 0. The largest absolute Gasteiger partial charge is 0.400 e. The lowest BCUT2D eigenvalue weighted by molar-refractivity contribution is 0.399. The Bertz CT molecular complexity index is 377. The van der Waals surface area contributed by atoms with Crippen molar-refractivity contribution in [1.29, 1.82) is 0 Å². The van der Waals surface area contributed by atoms with Crippen LogP contribution in [-0.4, -0.2) is 12.2 Å². The molecule has 16 heavy (non-hydrogen) atoms. The minimum absolute atomic E-state index is 0.782. The molecule has 0 aliphatic rings. The van der Waals surface area contributed by atoms with Gasteiger partial charge in [-0.3, -0.25) is 0 Å². The second-order valence-corrected chi connectivity index (χ2v) is 3.24. The summed E-state index contributed by atoms with van der Waals surface area (Å²) in [5, 5.41) is 7.00. The maximum atomic E-state index is 7.00. The summed E-state index contributed by atoms with van der Waals surface area (Å²) in [6.07, 6.45) is 0. The summed E-state index contributed by atoms with van der Waals surface area (Å²) in [6, 6.07) is 15.6.